The Hall–Kier alpha value is -2.01. The van der Waals surface area contributed by atoms with Crippen LogP contribution in [-0.2, 0) is 11.3 Å². The van der Waals surface area contributed by atoms with Gasteiger partial charge in [-0.05, 0) is 37.4 Å². The number of nitrogens with zero attached hydrogens (tertiary/aromatic N) is 1. The van der Waals surface area contributed by atoms with Crippen molar-refractivity contribution in [1.29, 1.82) is 0 Å². The number of esters is 1. The van der Waals surface area contributed by atoms with E-state index in [-0.39, 0.29) is 12.0 Å². The zero-order valence-corrected chi connectivity index (χ0v) is 13.3. The Bertz CT molecular complexity index is 609. The second kappa shape index (κ2) is 6.63. The number of hydrogen-bond donors (Lipinski definition) is 1. The van der Waals surface area contributed by atoms with Gasteiger partial charge in [0.25, 0.3) is 0 Å². The van der Waals surface area contributed by atoms with Gasteiger partial charge in [-0.3, -0.25) is 0 Å². The Labute approximate surface area is 129 Å². The number of nitrogens with two attached hydrogens (primary N) is 1. The molecule has 4 nitrogen and oxygen atoms in total. The maximum absolute atomic E-state index is 12.0. The van der Waals surface area contributed by atoms with Crippen LogP contribution < -0.4 is 10.6 Å². The third kappa shape index (κ3) is 3.36. The van der Waals surface area contributed by atoms with Gasteiger partial charge in [0.1, 0.15) is 0 Å². The van der Waals surface area contributed by atoms with Crippen LogP contribution in [-0.4, -0.2) is 19.1 Å². The second-order valence-corrected chi connectivity index (χ2v) is 6.07. The van der Waals surface area contributed by atoms with Crippen LogP contribution in [0.2, 0.25) is 0 Å². The smallest absolute Gasteiger partial charge is 0.340 e. The first-order valence-electron chi connectivity index (χ1n) is 6.80. The molecule has 2 N–H and O–H groups in total. The van der Waals surface area contributed by atoms with E-state index in [9.17, 15) is 4.79 Å². The van der Waals surface area contributed by atoms with Crippen LogP contribution >= 0.6 is 11.3 Å². The molecule has 1 aromatic heterocycles. The van der Waals surface area contributed by atoms with Gasteiger partial charge >= 0.3 is 5.97 Å². The lowest BCUT2D eigenvalue weighted by atomic mass is 10.1. The quantitative estimate of drug-likeness (QED) is 0.678. The van der Waals surface area contributed by atoms with Crippen LogP contribution in [0.4, 0.5) is 11.4 Å². The first kappa shape index (κ1) is 15.4. The normalized spacial score (nSPS) is 10.7. The summed E-state index contributed by atoms with van der Waals surface area (Å²) in [6.45, 7) is 4.88. The van der Waals surface area contributed by atoms with Crippen molar-refractivity contribution < 1.29 is 9.53 Å². The van der Waals surface area contributed by atoms with E-state index in [1.54, 1.807) is 23.5 Å². The minimum atomic E-state index is -0.367. The molecule has 2 aromatic rings. The average molecular weight is 304 g/mol. The van der Waals surface area contributed by atoms with Gasteiger partial charge in [-0.1, -0.05) is 12.1 Å². The molecule has 1 aromatic carbocycles. The Morgan fingerprint density at radius 3 is 2.67 bits per heavy atom. The van der Waals surface area contributed by atoms with Crippen LogP contribution in [0.25, 0.3) is 0 Å². The van der Waals surface area contributed by atoms with Crippen LogP contribution in [0.3, 0.4) is 0 Å². The number of hydrogen-bond acceptors (Lipinski definition) is 5. The van der Waals surface area contributed by atoms with Gasteiger partial charge in [0.05, 0.1) is 30.6 Å². The van der Waals surface area contributed by atoms with E-state index in [0.717, 1.165) is 5.69 Å². The summed E-state index contributed by atoms with van der Waals surface area (Å²) in [6, 6.07) is 9.65. The number of nitrogen functional groups attached to an aromatic ring is 1. The molecule has 21 heavy (non-hydrogen) atoms. The highest BCUT2D eigenvalue weighted by Crippen LogP contribution is 2.32. The molecular formula is C16H20N2O2S. The Balaban J connectivity index is 2.47. The lowest BCUT2D eigenvalue weighted by molar-refractivity contribution is 0.0601. The number of carbonyl (C=O) groups excluding carboxylic acids is 1. The van der Waals surface area contributed by atoms with E-state index in [2.05, 4.69) is 24.8 Å². The molecule has 0 aliphatic carbocycles. The number of benzene rings is 1. The molecule has 0 aliphatic heterocycles. The van der Waals surface area contributed by atoms with Gasteiger partial charge in [-0.25, -0.2) is 4.79 Å². The van der Waals surface area contributed by atoms with Crippen molar-refractivity contribution in [3.63, 3.8) is 0 Å². The van der Waals surface area contributed by atoms with E-state index in [4.69, 9.17) is 10.5 Å². The molecule has 0 unspecified atom stereocenters. The number of thiophene rings is 1. The standard InChI is InChI=1S/C16H20N2O2S/c1-11(2)18(10-12-6-5-9-21-12)15-13(16(19)20-3)7-4-8-14(15)17/h4-9,11H,10,17H2,1-3H3. The molecule has 0 spiro atoms. The predicted octanol–water partition coefficient (Wildman–Crippen LogP) is 3.53. The lowest BCUT2D eigenvalue weighted by Gasteiger charge is -2.31. The predicted molar refractivity (Wildman–Crippen MR) is 87.8 cm³/mol. The number of rotatable bonds is 5. The zero-order valence-electron chi connectivity index (χ0n) is 12.5. The van der Waals surface area contributed by atoms with Gasteiger partial charge in [0.2, 0.25) is 0 Å². The topological polar surface area (TPSA) is 55.6 Å². The number of methoxy groups -OCH3 is 1. The van der Waals surface area contributed by atoms with Crippen LogP contribution in [0.5, 0.6) is 0 Å². The van der Waals surface area contributed by atoms with Crippen LogP contribution in [0.15, 0.2) is 35.7 Å². The highest BCUT2D eigenvalue weighted by Gasteiger charge is 2.22. The van der Waals surface area contributed by atoms with Crippen LogP contribution in [0.1, 0.15) is 29.1 Å². The van der Waals surface area contributed by atoms with Crippen LogP contribution in [0, 0.1) is 0 Å². The molecule has 0 saturated heterocycles. The first-order chi connectivity index (χ1) is 10.0. The first-order valence-corrected chi connectivity index (χ1v) is 7.68. The van der Waals surface area contributed by atoms with Gasteiger partial charge in [0, 0.05) is 10.9 Å². The molecule has 1 heterocycles. The Morgan fingerprint density at radius 2 is 2.10 bits per heavy atom. The fourth-order valence-electron chi connectivity index (χ4n) is 2.25. The molecule has 112 valence electrons. The number of anilines is 2. The molecule has 0 radical (unpaired) electrons. The molecule has 2 rings (SSSR count). The molecule has 5 heteroatoms. The highest BCUT2D eigenvalue weighted by atomic mass is 32.1. The van der Waals surface area contributed by atoms with Crippen molar-refractivity contribution in [3.05, 3.63) is 46.2 Å². The summed E-state index contributed by atoms with van der Waals surface area (Å²) in [6.07, 6.45) is 0. The SMILES string of the molecule is COC(=O)c1cccc(N)c1N(Cc1cccs1)C(C)C. The van der Waals surface area contributed by atoms with E-state index in [1.165, 1.54) is 12.0 Å². The largest absolute Gasteiger partial charge is 0.465 e. The van der Waals surface area contributed by atoms with E-state index >= 15 is 0 Å². The molecule has 0 atom stereocenters. The van der Waals surface area contributed by atoms with Crippen molar-refractivity contribution in [2.75, 3.05) is 17.7 Å². The Morgan fingerprint density at radius 1 is 1.33 bits per heavy atom. The summed E-state index contributed by atoms with van der Waals surface area (Å²) in [5.41, 5.74) is 7.97. The summed E-state index contributed by atoms with van der Waals surface area (Å²) < 4.78 is 4.88. The molecule has 0 saturated carbocycles. The summed E-state index contributed by atoms with van der Waals surface area (Å²) in [7, 11) is 1.38. The molecule has 0 fully saturated rings. The maximum Gasteiger partial charge on any atom is 0.340 e. The van der Waals surface area contributed by atoms with Gasteiger partial charge in [-0.15, -0.1) is 11.3 Å². The van der Waals surface area contributed by atoms with Crippen molar-refractivity contribution >= 4 is 28.7 Å². The van der Waals surface area contributed by atoms with Crippen molar-refractivity contribution in [1.82, 2.24) is 0 Å². The second-order valence-electron chi connectivity index (χ2n) is 5.04. The highest BCUT2D eigenvalue weighted by molar-refractivity contribution is 7.09. The third-order valence-corrected chi connectivity index (χ3v) is 4.15. The van der Waals surface area contributed by atoms with Gasteiger partial charge in [-0.2, -0.15) is 0 Å². The van der Waals surface area contributed by atoms with Crippen molar-refractivity contribution in [2.45, 2.75) is 26.4 Å². The van der Waals surface area contributed by atoms with Crippen molar-refractivity contribution in [3.8, 4) is 0 Å². The molecule has 0 amide bonds. The summed E-state index contributed by atoms with van der Waals surface area (Å²) >= 11 is 1.69. The van der Waals surface area contributed by atoms with Gasteiger partial charge in [0.15, 0.2) is 0 Å². The van der Waals surface area contributed by atoms with E-state index < -0.39 is 0 Å². The molecular weight excluding hydrogens is 284 g/mol. The zero-order chi connectivity index (χ0) is 15.4. The number of ether oxygens (including phenoxy) is 1. The van der Waals surface area contributed by atoms with E-state index in [1.807, 2.05) is 17.5 Å². The number of carbonyl (C=O) groups is 1. The number of para-hydroxylation sites is 1. The molecule has 0 bridgehead atoms. The fourth-order valence-corrected chi connectivity index (χ4v) is 2.95. The lowest BCUT2D eigenvalue weighted by Crippen LogP contribution is -2.32. The Kier molecular flexibility index (Phi) is 4.85. The monoisotopic (exact) mass is 304 g/mol. The average Bonchev–Trinajstić information content (AvgIpc) is 2.97. The summed E-state index contributed by atoms with van der Waals surface area (Å²) in [4.78, 5) is 15.4. The van der Waals surface area contributed by atoms with Crippen molar-refractivity contribution in [2.24, 2.45) is 0 Å². The maximum atomic E-state index is 12.0. The minimum absolute atomic E-state index is 0.209. The third-order valence-electron chi connectivity index (χ3n) is 3.29. The van der Waals surface area contributed by atoms with Gasteiger partial charge < -0.3 is 15.4 Å². The fraction of sp³-hybridized carbons (Fsp3) is 0.312. The summed E-state index contributed by atoms with van der Waals surface area (Å²) in [5, 5.41) is 2.05. The van der Waals surface area contributed by atoms with E-state index in [0.29, 0.717) is 17.8 Å². The molecule has 0 aliphatic rings. The summed E-state index contributed by atoms with van der Waals surface area (Å²) in [5.74, 6) is -0.367. The minimum Gasteiger partial charge on any atom is -0.465 e.